The number of aryl methyl sites for hydroxylation is 1. The number of amides is 1. The molecule has 0 radical (unpaired) electrons. The Morgan fingerprint density at radius 2 is 1.84 bits per heavy atom. The van der Waals surface area contributed by atoms with Gasteiger partial charge in [-0.15, -0.1) is 0 Å². The lowest BCUT2D eigenvalue weighted by atomic mass is 10.0. The Morgan fingerprint density at radius 3 is 2.56 bits per heavy atom. The molecule has 0 bridgehead atoms. The maximum absolute atomic E-state index is 13.8. The molecule has 0 aliphatic carbocycles. The van der Waals surface area contributed by atoms with Crippen molar-refractivity contribution >= 4 is 27.7 Å². The van der Waals surface area contributed by atoms with Crippen LogP contribution in [0.2, 0.25) is 0 Å². The summed E-state index contributed by atoms with van der Waals surface area (Å²) in [5.74, 6) is 0.562. The molecule has 1 aliphatic rings. The van der Waals surface area contributed by atoms with Crippen LogP contribution in [0.5, 0.6) is 5.75 Å². The quantitative estimate of drug-likeness (QED) is 0.494. The summed E-state index contributed by atoms with van der Waals surface area (Å²) in [6.45, 7) is 2.78. The van der Waals surface area contributed by atoms with Gasteiger partial charge >= 0.3 is 0 Å². The van der Waals surface area contributed by atoms with Gasteiger partial charge in [0.2, 0.25) is 0 Å². The molecule has 7 heteroatoms. The Kier molecular flexibility index (Phi) is 4.96. The van der Waals surface area contributed by atoms with Crippen LogP contribution in [0.25, 0.3) is 27.5 Å². The molecule has 1 atom stereocenters. The number of piperidine rings is 1. The molecule has 32 heavy (non-hydrogen) atoms. The highest BCUT2D eigenvalue weighted by molar-refractivity contribution is 6.16. The maximum atomic E-state index is 13.8. The minimum absolute atomic E-state index is 0.124. The number of ether oxygens (including phenoxy) is 1. The average molecular weight is 431 g/mol. The average Bonchev–Trinajstić information content (AvgIpc) is 3.13. The highest BCUT2D eigenvalue weighted by atomic mass is 16.5. The Morgan fingerprint density at radius 1 is 1.09 bits per heavy atom. The van der Waals surface area contributed by atoms with Crippen molar-refractivity contribution in [1.29, 1.82) is 0 Å². The first-order chi connectivity index (χ1) is 15.5. The molecule has 0 saturated carbocycles. The van der Waals surface area contributed by atoms with Crippen molar-refractivity contribution in [2.75, 3.05) is 13.7 Å². The molecular weight excluding hydrogens is 404 g/mol. The van der Waals surface area contributed by atoms with Crippen molar-refractivity contribution in [3.05, 3.63) is 64.6 Å². The van der Waals surface area contributed by atoms with E-state index in [4.69, 9.17) is 4.74 Å². The Bertz CT molecular complexity index is 1380. The van der Waals surface area contributed by atoms with Crippen molar-refractivity contribution in [2.45, 2.75) is 32.2 Å². The predicted octanol–water partition coefficient (Wildman–Crippen LogP) is 3.90. The number of carbonyl (C=O) groups is 1. The van der Waals surface area contributed by atoms with Crippen LogP contribution in [0.1, 0.15) is 36.7 Å². The van der Waals surface area contributed by atoms with Gasteiger partial charge in [-0.1, -0.05) is 18.2 Å². The summed E-state index contributed by atoms with van der Waals surface area (Å²) in [5, 5.41) is 6.15. The first-order valence-electron chi connectivity index (χ1n) is 11.0. The molecule has 3 heterocycles. The summed E-state index contributed by atoms with van der Waals surface area (Å²) < 4.78 is 8.45. The van der Waals surface area contributed by atoms with Crippen LogP contribution in [0, 0.1) is 0 Å². The molecular formula is C25H26N4O3. The zero-order valence-corrected chi connectivity index (χ0v) is 18.5. The number of hydrogen-bond acceptors (Lipinski definition) is 4. The highest BCUT2D eigenvalue weighted by Gasteiger charge is 2.30. The number of methoxy groups -OCH3 is 1. The Hall–Kier alpha value is -3.61. The van der Waals surface area contributed by atoms with Crippen molar-refractivity contribution < 1.29 is 9.53 Å². The smallest absolute Gasteiger partial charge is 0.296 e. The highest BCUT2D eigenvalue weighted by Crippen LogP contribution is 2.30. The number of para-hydroxylation sites is 1. The first-order valence-corrected chi connectivity index (χ1v) is 11.0. The van der Waals surface area contributed by atoms with Crippen molar-refractivity contribution in [1.82, 2.24) is 19.2 Å². The zero-order chi connectivity index (χ0) is 22.4. The number of carbonyl (C=O) groups excluding carboxylic acids is 1. The molecule has 4 aromatic rings. The van der Waals surface area contributed by atoms with Gasteiger partial charge in [0.05, 0.1) is 12.8 Å². The Labute approximate surface area is 185 Å². The SMILES string of the molecule is COc1ccc(-n2nc(C(=O)N3CCCC[C@H]3C)c3c4ccccc4n(C)c3c2=O)cc1. The van der Waals surface area contributed by atoms with E-state index in [0.717, 1.165) is 30.2 Å². The molecule has 1 aliphatic heterocycles. The zero-order valence-electron chi connectivity index (χ0n) is 18.5. The number of fused-ring (bicyclic) bond motifs is 3. The van der Waals surface area contributed by atoms with E-state index >= 15 is 0 Å². The molecule has 1 fully saturated rings. The third kappa shape index (κ3) is 3.07. The monoisotopic (exact) mass is 430 g/mol. The molecule has 0 N–H and O–H groups in total. The maximum Gasteiger partial charge on any atom is 0.296 e. The molecule has 2 aromatic carbocycles. The summed E-state index contributed by atoms with van der Waals surface area (Å²) in [5.41, 5.74) is 2.02. The second-order valence-corrected chi connectivity index (χ2v) is 8.41. The summed E-state index contributed by atoms with van der Waals surface area (Å²) in [4.78, 5) is 29.3. The van der Waals surface area contributed by atoms with Crippen LogP contribution >= 0.6 is 0 Å². The van der Waals surface area contributed by atoms with Crippen LogP contribution in [-0.4, -0.2) is 44.9 Å². The number of nitrogens with zero attached hydrogens (tertiary/aromatic N) is 4. The third-order valence-corrected chi connectivity index (χ3v) is 6.52. The van der Waals surface area contributed by atoms with Crippen LogP contribution in [0.4, 0.5) is 0 Å². The molecule has 2 aromatic heterocycles. The van der Waals surface area contributed by atoms with Gasteiger partial charge in [0.1, 0.15) is 11.3 Å². The van der Waals surface area contributed by atoms with Gasteiger partial charge in [-0.25, -0.2) is 0 Å². The molecule has 1 saturated heterocycles. The van der Waals surface area contributed by atoms with Gasteiger partial charge in [-0.2, -0.15) is 9.78 Å². The van der Waals surface area contributed by atoms with Crippen molar-refractivity contribution in [2.24, 2.45) is 7.05 Å². The van der Waals surface area contributed by atoms with Gasteiger partial charge < -0.3 is 14.2 Å². The molecule has 0 spiro atoms. The summed E-state index contributed by atoms with van der Waals surface area (Å²) in [7, 11) is 3.46. The van der Waals surface area contributed by atoms with E-state index in [9.17, 15) is 9.59 Å². The first kappa shape index (κ1) is 20.3. The van der Waals surface area contributed by atoms with Crippen LogP contribution in [-0.2, 0) is 7.05 Å². The van der Waals surface area contributed by atoms with Gasteiger partial charge in [0.25, 0.3) is 11.5 Å². The van der Waals surface area contributed by atoms with Crippen molar-refractivity contribution in [3.63, 3.8) is 0 Å². The number of rotatable bonds is 3. The second-order valence-electron chi connectivity index (χ2n) is 8.41. The fourth-order valence-corrected chi connectivity index (χ4v) is 4.76. The van der Waals surface area contributed by atoms with E-state index in [1.54, 1.807) is 31.4 Å². The lowest BCUT2D eigenvalue weighted by Crippen LogP contribution is -2.43. The van der Waals surface area contributed by atoms with Crippen molar-refractivity contribution in [3.8, 4) is 11.4 Å². The number of benzene rings is 2. The van der Waals surface area contributed by atoms with E-state index in [2.05, 4.69) is 12.0 Å². The molecule has 1 amide bonds. The third-order valence-electron chi connectivity index (χ3n) is 6.52. The second kappa shape index (κ2) is 7.82. The Balaban J connectivity index is 1.82. The normalized spacial score (nSPS) is 16.6. The topological polar surface area (TPSA) is 69.4 Å². The molecule has 7 nitrogen and oxygen atoms in total. The van der Waals surface area contributed by atoms with E-state index in [1.165, 1.54) is 4.68 Å². The molecule has 0 unspecified atom stereocenters. The minimum atomic E-state index is -0.257. The van der Waals surface area contributed by atoms with E-state index in [-0.39, 0.29) is 17.5 Å². The summed E-state index contributed by atoms with van der Waals surface area (Å²) in [6.07, 6.45) is 3.07. The van der Waals surface area contributed by atoms with Gasteiger partial charge in [0, 0.05) is 35.9 Å². The summed E-state index contributed by atoms with van der Waals surface area (Å²) in [6, 6.07) is 15.0. The lowest BCUT2D eigenvalue weighted by molar-refractivity contribution is 0.0630. The lowest BCUT2D eigenvalue weighted by Gasteiger charge is -2.33. The van der Waals surface area contributed by atoms with Crippen LogP contribution < -0.4 is 10.3 Å². The van der Waals surface area contributed by atoms with Crippen LogP contribution in [0.15, 0.2) is 53.3 Å². The van der Waals surface area contributed by atoms with Gasteiger partial charge in [-0.05, 0) is 56.5 Å². The van der Waals surface area contributed by atoms with E-state index in [0.29, 0.717) is 34.6 Å². The fourth-order valence-electron chi connectivity index (χ4n) is 4.76. The van der Waals surface area contributed by atoms with E-state index in [1.807, 2.05) is 40.8 Å². The predicted molar refractivity (Wildman–Crippen MR) is 125 cm³/mol. The number of aromatic nitrogens is 3. The van der Waals surface area contributed by atoms with Gasteiger partial charge in [-0.3, -0.25) is 9.59 Å². The van der Waals surface area contributed by atoms with Crippen LogP contribution in [0.3, 0.4) is 0 Å². The largest absolute Gasteiger partial charge is 0.497 e. The standard InChI is InChI=1S/C25H26N4O3/c1-16-8-6-7-15-28(16)24(30)22-21-19-9-4-5-10-20(19)27(2)23(21)25(31)29(26-22)17-11-13-18(32-3)14-12-17/h4-5,9-14,16H,6-8,15H2,1-3H3/t16-/m1/s1. The number of likely N-dealkylation sites (tertiary alicyclic amines) is 1. The molecule has 5 rings (SSSR count). The van der Waals surface area contributed by atoms with Gasteiger partial charge in [0.15, 0.2) is 5.69 Å². The summed E-state index contributed by atoms with van der Waals surface area (Å²) >= 11 is 0. The van der Waals surface area contributed by atoms with E-state index < -0.39 is 0 Å². The number of hydrogen-bond donors (Lipinski definition) is 0. The minimum Gasteiger partial charge on any atom is -0.497 e. The fraction of sp³-hybridized carbons (Fsp3) is 0.320. The molecule has 164 valence electrons.